The van der Waals surface area contributed by atoms with E-state index in [0.29, 0.717) is 27.7 Å². The second-order valence-corrected chi connectivity index (χ2v) is 19.2. The van der Waals surface area contributed by atoms with Crippen molar-refractivity contribution in [1.82, 2.24) is 14.7 Å². The number of allylic oxidation sites excluding steroid dienone is 3. The van der Waals surface area contributed by atoms with E-state index in [-0.39, 0.29) is 50.0 Å². The lowest BCUT2D eigenvalue weighted by Gasteiger charge is -2.31. The topological polar surface area (TPSA) is 105 Å². The summed E-state index contributed by atoms with van der Waals surface area (Å²) in [5.74, 6) is -1.24. The third-order valence-corrected chi connectivity index (χ3v) is 13.4. The first kappa shape index (κ1) is 39.0. The van der Waals surface area contributed by atoms with Crippen molar-refractivity contribution >= 4 is 36.7 Å². The number of rotatable bonds is 13. The standard InChI is InChI=1S/C43H51FN4O5Si/c1-29(2)13-12-14-30(3)21-22-47-37-20-19-34(48-41(51)35-18-11-10-17-33(35)27-45-48)25-36(37)43(42(47)52)31(4)40(54(5,6)44)38(53-43)26-39(50)46(23-24-49)28-32-15-8-7-9-16-32/h7-11,13,15-21,25,27,31,38,40,49H,12,14,22-24,26,28H2,1-6H3/b30-21+/t31-,38+,40-,43+/m0/s1. The molecule has 6 rings (SSSR count). The Hall–Kier alpha value is -4.71. The number of fused-ring (bicyclic) bond motifs is 3. The molecule has 4 atom stereocenters. The normalized spacial score (nSPS) is 21.2. The summed E-state index contributed by atoms with van der Waals surface area (Å²) in [7, 11) is -3.59. The van der Waals surface area contributed by atoms with E-state index in [1.165, 1.54) is 10.3 Å². The van der Waals surface area contributed by atoms with Crippen molar-refractivity contribution < 1.29 is 23.5 Å². The predicted octanol–water partition coefficient (Wildman–Crippen LogP) is 7.61. The number of aliphatic hydroxyl groups is 1. The maximum atomic E-state index is 16.7. The molecule has 11 heteroatoms. The van der Waals surface area contributed by atoms with Gasteiger partial charge in [-0.1, -0.05) is 78.8 Å². The van der Waals surface area contributed by atoms with Crippen molar-refractivity contribution in [2.24, 2.45) is 5.92 Å². The molecule has 0 saturated carbocycles. The van der Waals surface area contributed by atoms with Gasteiger partial charge in [-0.2, -0.15) is 9.78 Å². The molecule has 1 aromatic heterocycles. The number of benzene rings is 3. The summed E-state index contributed by atoms with van der Waals surface area (Å²) in [4.78, 5) is 46.0. The highest BCUT2D eigenvalue weighted by Gasteiger charge is 2.67. The van der Waals surface area contributed by atoms with Crippen LogP contribution < -0.4 is 10.5 Å². The van der Waals surface area contributed by atoms with E-state index in [4.69, 9.17) is 4.74 Å². The summed E-state index contributed by atoms with van der Waals surface area (Å²) in [5.41, 5.74) is 2.26. The fourth-order valence-electron chi connectivity index (χ4n) is 8.28. The Balaban J connectivity index is 1.42. The van der Waals surface area contributed by atoms with Gasteiger partial charge < -0.3 is 23.8 Å². The molecule has 0 unspecified atom stereocenters. The molecule has 1 fully saturated rings. The van der Waals surface area contributed by atoms with Crippen LogP contribution in [0.5, 0.6) is 0 Å². The lowest BCUT2D eigenvalue weighted by atomic mass is 9.82. The van der Waals surface area contributed by atoms with Gasteiger partial charge in [-0.05, 0) is 76.5 Å². The number of aliphatic hydroxyl groups excluding tert-OH is 1. The number of hydrogen-bond acceptors (Lipinski definition) is 6. The minimum absolute atomic E-state index is 0.105. The van der Waals surface area contributed by atoms with Gasteiger partial charge in [0.05, 0.1) is 42.1 Å². The third-order valence-electron chi connectivity index (χ3n) is 10.9. The zero-order valence-corrected chi connectivity index (χ0v) is 33.1. The van der Waals surface area contributed by atoms with Gasteiger partial charge in [0.2, 0.25) is 14.3 Å². The van der Waals surface area contributed by atoms with Crippen molar-refractivity contribution in [3.05, 3.63) is 124 Å². The fraction of sp³-hybridized carbons (Fsp3) is 0.395. The molecule has 4 aromatic rings. The number of carbonyl (C=O) groups excluding carboxylic acids is 2. The summed E-state index contributed by atoms with van der Waals surface area (Å²) < 4.78 is 24.9. The molecule has 2 aliphatic rings. The molecular weight excluding hydrogens is 700 g/mol. The van der Waals surface area contributed by atoms with Crippen molar-refractivity contribution in [2.45, 2.75) is 83.8 Å². The van der Waals surface area contributed by atoms with Crippen LogP contribution in [0.3, 0.4) is 0 Å². The van der Waals surface area contributed by atoms with Gasteiger partial charge in [0.25, 0.3) is 11.5 Å². The van der Waals surface area contributed by atoms with Crippen LogP contribution in [0.15, 0.2) is 107 Å². The number of aromatic nitrogens is 2. The third kappa shape index (κ3) is 7.62. The van der Waals surface area contributed by atoms with Gasteiger partial charge in [-0.15, -0.1) is 0 Å². The Kier molecular flexibility index (Phi) is 11.5. The minimum Gasteiger partial charge on any atom is -0.395 e. The van der Waals surface area contributed by atoms with Gasteiger partial charge >= 0.3 is 0 Å². The molecule has 0 aliphatic carbocycles. The molecule has 54 heavy (non-hydrogen) atoms. The zero-order valence-electron chi connectivity index (χ0n) is 32.1. The van der Waals surface area contributed by atoms with Crippen LogP contribution in [-0.4, -0.2) is 65.8 Å². The number of amides is 2. The van der Waals surface area contributed by atoms with Crippen LogP contribution in [-0.2, 0) is 26.5 Å². The summed E-state index contributed by atoms with van der Waals surface area (Å²) in [5, 5.41) is 15.6. The molecule has 2 amide bonds. The van der Waals surface area contributed by atoms with E-state index in [1.807, 2.05) is 68.5 Å². The average Bonchev–Trinajstić information content (AvgIpc) is 3.56. The quantitative estimate of drug-likeness (QED) is 0.0858. The van der Waals surface area contributed by atoms with Gasteiger partial charge in [0.1, 0.15) is 0 Å². The zero-order chi connectivity index (χ0) is 38.8. The first-order valence-electron chi connectivity index (χ1n) is 18.8. The van der Waals surface area contributed by atoms with Gasteiger partial charge in [0.15, 0.2) is 5.60 Å². The summed E-state index contributed by atoms with van der Waals surface area (Å²) in [6.45, 7) is 11.7. The first-order valence-corrected chi connectivity index (χ1v) is 21.7. The Morgan fingerprint density at radius 1 is 1.04 bits per heavy atom. The number of ether oxygens (including phenoxy) is 1. The smallest absolute Gasteiger partial charge is 0.279 e. The van der Waals surface area contributed by atoms with Gasteiger partial charge in [-0.3, -0.25) is 14.4 Å². The van der Waals surface area contributed by atoms with Crippen LogP contribution >= 0.6 is 0 Å². The Morgan fingerprint density at radius 3 is 2.46 bits per heavy atom. The van der Waals surface area contributed by atoms with E-state index in [9.17, 15) is 14.7 Å². The Labute approximate surface area is 317 Å². The molecule has 1 spiro atoms. The van der Waals surface area contributed by atoms with Crippen LogP contribution in [0.4, 0.5) is 9.80 Å². The molecule has 1 saturated heterocycles. The van der Waals surface area contributed by atoms with E-state index >= 15 is 8.90 Å². The second kappa shape index (κ2) is 15.9. The molecular formula is C43H51FN4O5Si. The van der Waals surface area contributed by atoms with Crippen molar-refractivity contribution in [1.29, 1.82) is 0 Å². The summed E-state index contributed by atoms with van der Waals surface area (Å²) in [6, 6.07) is 22.1. The first-order chi connectivity index (χ1) is 25.8. The number of halogens is 1. The monoisotopic (exact) mass is 750 g/mol. The van der Waals surface area contributed by atoms with Crippen molar-refractivity contribution in [2.75, 3.05) is 24.6 Å². The second-order valence-electron chi connectivity index (χ2n) is 15.4. The van der Waals surface area contributed by atoms with E-state index in [2.05, 4.69) is 25.0 Å². The van der Waals surface area contributed by atoms with Crippen LogP contribution in [0, 0.1) is 5.92 Å². The summed E-state index contributed by atoms with van der Waals surface area (Å²) in [6.07, 6.45) is 6.55. The molecule has 2 aliphatic heterocycles. The summed E-state index contributed by atoms with van der Waals surface area (Å²) >= 11 is 0. The van der Waals surface area contributed by atoms with Gasteiger partial charge in [-0.25, -0.2) is 0 Å². The average molecular weight is 751 g/mol. The minimum atomic E-state index is -3.59. The number of carbonyl (C=O) groups is 2. The van der Waals surface area contributed by atoms with Gasteiger partial charge in [0, 0.05) is 42.0 Å². The Bertz CT molecular complexity index is 2140. The highest BCUT2D eigenvalue weighted by atomic mass is 28.4. The van der Waals surface area contributed by atoms with Crippen LogP contribution in [0.1, 0.15) is 58.1 Å². The van der Waals surface area contributed by atoms with Crippen LogP contribution in [0.25, 0.3) is 16.5 Å². The van der Waals surface area contributed by atoms with Crippen molar-refractivity contribution in [3.8, 4) is 5.69 Å². The highest BCUT2D eigenvalue weighted by molar-refractivity contribution is 6.72. The number of anilines is 1. The van der Waals surface area contributed by atoms with Crippen molar-refractivity contribution in [3.63, 3.8) is 0 Å². The number of nitrogens with zero attached hydrogens (tertiary/aromatic N) is 4. The fourth-order valence-corrected chi connectivity index (χ4v) is 10.8. The van der Waals surface area contributed by atoms with E-state index < -0.39 is 31.6 Å². The maximum Gasteiger partial charge on any atom is 0.279 e. The molecule has 9 nitrogen and oxygen atoms in total. The molecule has 3 aromatic carbocycles. The van der Waals surface area contributed by atoms with E-state index in [1.54, 1.807) is 53.4 Å². The highest BCUT2D eigenvalue weighted by Crippen LogP contribution is 2.60. The molecule has 1 N–H and O–H groups in total. The SMILES string of the molecule is CC(C)=CCC/C(C)=C/CN1C(=O)[C@]2(O[C@H](CC(=O)N(CCO)Cc3ccccc3)[C@@H]([Si](C)(C)F)[C@@H]2C)c2cc(-n3ncc4ccccc4c3=O)ccc21. The largest absolute Gasteiger partial charge is 0.395 e. The van der Waals surface area contributed by atoms with E-state index in [0.717, 1.165) is 24.0 Å². The lowest BCUT2D eigenvalue weighted by molar-refractivity contribution is -0.149. The predicted molar refractivity (Wildman–Crippen MR) is 214 cm³/mol. The number of hydrogen-bond donors (Lipinski definition) is 1. The molecule has 0 radical (unpaired) electrons. The molecule has 3 heterocycles. The van der Waals surface area contributed by atoms with Crippen LogP contribution in [0.2, 0.25) is 18.6 Å². The maximum absolute atomic E-state index is 16.7. The lowest BCUT2D eigenvalue weighted by Crippen LogP contribution is -2.45. The molecule has 284 valence electrons. The molecule has 0 bridgehead atoms. The Morgan fingerprint density at radius 2 is 1.76 bits per heavy atom.